The van der Waals surface area contributed by atoms with Crippen molar-refractivity contribution in [2.75, 3.05) is 13.2 Å². The van der Waals surface area contributed by atoms with Crippen molar-refractivity contribution in [2.24, 2.45) is 11.3 Å². The number of hydrogen-bond acceptors (Lipinski definition) is 5. The molecule has 1 aliphatic heterocycles. The Labute approximate surface area is 261 Å². The molecule has 248 valence electrons. The zero-order valence-corrected chi connectivity index (χ0v) is 27.9. The number of unbranched alkanes of at least 4 members (excludes halogenated alkanes) is 11. The number of allylic oxidation sites excluding steroid dienone is 2. The zero-order chi connectivity index (χ0) is 31.8. The Morgan fingerprint density at radius 1 is 0.860 bits per heavy atom. The number of aliphatic carboxylic acids is 1. The van der Waals surface area contributed by atoms with Crippen LogP contribution < -0.4 is 10.6 Å². The summed E-state index contributed by atoms with van der Waals surface area (Å²) < 4.78 is 11.6. The van der Waals surface area contributed by atoms with Gasteiger partial charge in [0, 0.05) is 18.4 Å². The highest BCUT2D eigenvalue weighted by atomic mass is 16.7. The van der Waals surface area contributed by atoms with E-state index in [0.29, 0.717) is 25.9 Å². The summed E-state index contributed by atoms with van der Waals surface area (Å²) in [6.07, 6.45) is 22.8. The van der Waals surface area contributed by atoms with Crippen LogP contribution in [0.5, 0.6) is 0 Å². The van der Waals surface area contributed by atoms with Gasteiger partial charge in [-0.2, -0.15) is 0 Å². The van der Waals surface area contributed by atoms with Crippen molar-refractivity contribution < 1.29 is 29.0 Å². The quantitative estimate of drug-likeness (QED) is 0.0924. The topological polar surface area (TPSA) is 114 Å². The number of amides is 2. The first-order chi connectivity index (χ1) is 20.4. The minimum absolute atomic E-state index is 0.0565. The van der Waals surface area contributed by atoms with Crippen molar-refractivity contribution in [3.63, 3.8) is 0 Å². The van der Waals surface area contributed by atoms with E-state index in [-0.39, 0.29) is 18.4 Å². The van der Waals surface area contributed by atoms with E-state index in [4.69, 9.17) is 9.47 Å². The normalized spacial score (nSPS) is 21.5. The fourth-order valence-electron chi connectivity index (χ4n) is 6.40. The average Bonchev–Trinajstić information content (AvgIpc) is 3.41. The number of nitrogens with one attached hydrogen (secondary N) is 2. The van der Waals surface area contributed by atoms with Crippen LogP contribution in [0.25, 0.3) is 0 Å². The molecule has 43 heavy (non-hydrogen) atoms. The first kappa shape index (κ1) is 37.3. The lowest BCUT2D eigenvalue weighted by Crippen LogP contribution is -2.60. The lowest BCUT2D eigenvalue weighted by atomic mass is 9.81. The molecule has 0 radical (unpaired) electrons. The molecule has 8 heteroatoms. The Balaban J connectivity index is 1.72. The number of carboxylic acid groups (broad SMARTS) is 1. The second-order valence-electron chi connectivity index (χ2n) is 14.1. The maximum atomic E-state index is 13.2. The minimum atomic E-state index is -1.00. The van der Waals surface area contributed by atoms with Crippen LogP contribution in [0, 0.1) is 11.3 Å². The molecule has 2 rings (SSSR count). The first-order valence-electron chi connectivity index (χ1n) is 17.2. The molecule has 0 spiro atoms. The van der Waals surface area contributed by atoms with Gasteiger partial charge in [0.2, 0.25) is 11.8 Å². The van der Waals surface area contributed by atoms with Crippen molar-refractivity contribution in [1.82, 2.24) is 10.6 Å². The number of carbonyl (C=O) groups is 3. The van der Waals surface area contributed by atoms with Gasteiger partial charge in [0.05, 0.1) is 18.1 Å². The Kier molecular flexibility index (Phi) is 16.3. The van der Waals surface area contributed by atoms with Crippen LogP contribution in [0.4, 0.5) is 0 Å². The predicted octanol–water partition coefficient (Wildman–Crippen LogP) is 7.45. The standard InChI is InChI=1S/C35H62N2O6/c1-6-7-8-9-10-11-12-13-14-15-16-17-18-19-20-23-29(38)37-35(24-21-22-25-35)28(32(40)41)26-36-31(39)30-33(2,3)27-42-34(4,5)43-30/h13-14,28,30H,6-12,15-27H2,1-5H3,(H,36,39)(H,37,38)(H,40,41). The smallest absolute Gasteiger partial charge is 0.310 e. The Morgan fingerprint density at radius 3 is 2.00 bits per heavy atom. The molecule has 2 fully saturated rings. The molecule has 2 amide bonds. The molecule has 3 N–H and O–H groups in total. The van der Waals surface area contributed by atoms with Gasteiger partial charge in [-0.3, -0.25) is 14.4 Å². The van der Waals surface area contributed by atoms with Crippen LogP contribution in [0.2, 0.25) is 0 Å². The molecule has 1 saturated heterocycles. The summed E-state index contributed by atoms with van der Waals surface area (Å²) in [4.78, 5) is 38.6. The monoisotopic (exact) mass is 606 g/mol. The summed E-state index contributed by atoms with van der Waals surface area (Å²) in [5.41, 5.74) is -1.40. The molecule has 0 bridgehead atoms. The Bertz CT molecular complexity index is 878. The van der Waals surface area contributed by atoms with E-state index in [9.17, 15) is 19.5 Å². The summed E-state index contributed by atoms with van der Waals surface area (Å²) in [7, 11) is 0. The van der Waals surface area contributed by atoms with Gasteiger partial charge in [0.1, 0.15) is 6.10 Å². The highest BCUT2D eigenvalue weighted by Crippen LogP contribution is 2.38. The van der Waals surface area contributed by atoms with Crippen molar-refractivity contribution in [3.05, 3.63) is 12.2 Å². The van der Waals surface area contributed by atoms with E-state index >= 15 is 0 Å². The van der Waals surface area contributed by atoms with Gasteiger partial charge in [-0.05, 0) is 58.8 Å². The van der Waals surface area contributed by atoms with Crippen molar-refractivity contribution in [3.8, 4) is 0 Å². The van der Waals surface area contributed by atoms with E-state index in [0.717, 1.165) is 38.5 Å². The summed E-state index contributed by atoms with van der Waals surface area (Å²) in [6.45, 7) is 9.88. The lowest BCUT2D eigenvalue weighted by Gasteiger charge is -2.45. The van der Waals surface area contributed by atoms with Crippen molar-refractivity contribution >= 4 is 17.8 Å². The molecule has 8 nitrogen and oxygen atoms in total. The molecule has 1 aliphatic carbocycles. The molecule has 1 saturated carbocycles. The molecular formula is C35H62N2O6. The van der Waals surface area contributed by atoms with Crippen molar-refractivity contribution in [1.29, 1.82) is 0 Å². The van der Waals surface area contributed by atoms with E-state index in [2.05, 4.69) is 29.7 Å². The number of ether oxygens (including phenoxy) is 2. The second-order valence-corrected chi connectivity index (χ2v) is 14.1. The zero-order valence-electron chi connectivity index (χ0n) is 27.9. The van der Waals surface area contributed by atoms with Crippen LogP contribution in [0.1, 0.15) is 150 Å². The molecule has 0 aromatic carbocycles. The predicted molar refractivity (Wildman–Crippen MR) is 172 cm³/mol. The van der Waals surface area contributed by atoms with Gasteiger partial charge in [0.25, 0.3) is 0 Å². The third kappa shape index (κ3) is 13.3. The van der Waals surface area contributed by atoms with Gasteiger partial charge < -0.3 is 25.2 Å². The van der Waals surface area contributed by atoms with Crippen LogP contribution in [0.15, 0.2) is 12.2 Å². The maximum Gasteiger partial charge on any atom is 0.310 e. The largest absolute Gasteiger partial charge is 0.481 e. The average molecular weight is 607 g/mol. The SMILES string of the molecule is CCCCCCCCC=CCCCCCCCC(=O)NC1(C(CNC(=O)C2OC(C)(C)OCC2(C)C)C(=O)O)CCCC1. The van der Waals surface area contributed by atoms with E-state index in [1.54, 1.807) is 13.8 Å². The van der Waals surface area contributed by atoms with Gasteiger partial charge in [-0.1, -0.05) is 97.1 Å². The minimum Gasteiger partial charge on any atom is -0.481 e. The van der Waals surface area contributed by atoms with Crippen molar-refractivity contribution in [2.45, 2.75) is 168 Å². The molecule has 2 atom stereocenters. The first-order valence-corrected chi connectivity index (χ1v) is 17.2. The lowest BCUT2D eigenvalue weighted by molar-refractivity contribution is -0.304. The van der Waals surface area contributed by atoms with Crippen LogP contribution in [-0.4, -0.2) is 53.5 Å². The molecule has 2 aliphatic rings. The van der Waals surface area contributed by atoms with Gasteiger partial charge in [-0.25, -0.2) is 0 Å². The molecule has 2 unspecified atom stereocenters. The van der Waals surface area contributed by atoms with E-state index in [1.165, 1.54) is 57.8 Å². The molecule has 1 heterocycles. The highest BCUT2D eigenvalue weighted by molar-refractivity contribution is 5.83. The highest BCUT2D eigenvalue weighted by Gasteiger charge is 2.48. The second kappa shape index (κ2) is 18.8. The van der Waals surface area contributed by atoms with Gasteiger partial charge in [-0.15, -0.1) is 0 Å². The Hall–Kier alpha value is -1.93. The van der Waals surface area contributed by atoms with Gasteiger partial charge in [0.15, 0.2) is 5.79 Å². The van der Waals surface area contributed by atoms with E-state index < -0.39 is 34.7 Å². The third-order valence-corrected chi connectivity index (χ3v) is 9.14. The molecule has 0 aromatic rings. The summed E-state index contributed by atoms with van der Waals surface area (Å²) in [5.74, 6) is -3.24. The van der Waals surface area contributed by atoms with Gasteiger partial charge >= 0.3 is 5.97 Å². The van der Waals surface area contributed by atoms with E-state index in [1.807, 2.05) is 13.8 Å². The fourth-order valence-corrected chi connectivity index (χ4v) is 6.40. The maximum absolute atomic E-state index is 13.2. The summed E-state index contributed by atoms with van der Waals surface area (Å²) in [6, 6.07) is 0. The molecule has 0 aromatic heterocycles. The number of hydrogen-bond donors (Lipinski definition) is 3. The number of carboxylic acids is 1. The number of carbonyl (C=O) groups excluding carboxylic acids is 2. The summed E-state index contributed by atoms with van der Waals surface area (Å²) in [5, 5.41) is 16.1. The number of rotatable bonds is 21. The van der Waals surface area contributed by atoms with Crippen LogP contribution in [-0.2, 0) is 23.9 Å². The van der Waals surface area contributed by atoms with Crippen LogP contribution in [0.3, 0.4) is 0 Å². The summed E-state index contributed by atoms with van der Waals surface area (Å²) >= 11 is 0. The van der Waals surface area contributed by atoms with Crippen LogP contribution >= 0.6 is 0 Å². The molecular weight excluding hydrogens is 544 g/mol. The third-order valence-electron chi connectivity index (χ3n) is 9.14. The fraction of sp³-hybridized carbons (Fsp3) is 0.857. The Morgan fingerprint density at radius 2 is 1.42 bits per heavy atom.